The molecule has 0 radical (unpaired) electrons. The molecule has 1 aliphatic heterocycles. The zero-order chi connectivity index (χ0) is 32.1. The Morgan fingerprint density at radius 2 is 1.72 bits per heavy atom. The van der Waals surface area contributed by atoms with Gasteiger partial charge in [0.05, 0.1) is 32.5 Å². The lowest BCUT2D eigenvalue weighted by Crippen LogP contribution is -2.53. The molecule has 46 heavy (non-hydrogen) atoms. The number of rotatable bonds is 17. The first-order valence-corrected chi connectivity index (χ1v) is 18.2. The summed E-state index contributed by atoms with van der Waals surface area (Å²) in [4.78, 5) is 8.10. The molecule has 3 aliphatic rings. The van der Waals surface area contributed by atoms with Crippen molar-refractivity contribution in [3.63, 3.8) is 0 Å². The van der Waals surface area contributed by atoms with Crippen molar-refractivity contribution >= 4 is 5.71 Å². The van der Waals surface area contributed by atoms with Gasteiger partial charge in [-0.2, -0.15) is 0 Å². The Bertz CT molecular complexity index is 1180. The number of aliphatic hydroxyl groups is 1. The minimum absolute atomic E-state index is 0.0664. The Labute approximate surface area is 278 Å². The van der Waals surface area contributed by atoms with Crippen molar-refractivity contribution in [3.8, 4) is 11.5 Å². The van der Waals surface area contributed by atoms with Crippen LogP contribution in [0.25, 0.3) is 0 Å². The third-order valence-electron chi connectivity index (χ3n) is 10.5. The fraction of sp³-hybridized carbons (Fsp3) is 0.667. The van der Waals surface area contributed by atoms with Crippen LogP contribution in [0.5, 0.6) is 11.5 Å². The Hall–Kier alpha value is -2.45. The number of nitrogens with zero attached hydrogens (tertiary/aromatic N) is 2. The van der Waals surface area contributed by atoms with E-state index in [1.54, 1.807) is 14.2 Å². The minimum atomic E-state index is -0.522. The number of aliphatic imine (C=N–C) groups is 1. The van der Waals surface area contributed by atoms with Crippen LogP contribution in [0.1, 0.15) is 101 Å². The number of aliphatic hydroxyl groups excluding tert-OH is 1. The molecule has 2 saturated carbocycles. The predicted molar refractivity (Wildman–Crippen MR) is 187 cm³/mol. The number of hydrogen-bond acceptors (Lipinski definition) is 7. The maximum absolute atomic E-state index is 11.6. The SMILES string of the molecule is CCCCOC(c1ccccc1)C1CCCN(C2CCC2=NC(CC2CCCCC2)C(O)CNCc2cc(OC)cc(OC)c2)C1. The summed E-state index contributed by atoms with van der Waals surface area (Å²) < 4.78 is 17.5. The van der Waals surface area contributed by atoms with E-state index >= 15 is 0 Å². The number of piperidine rings is 1. The smallest absolute Gasteiger partial charge is 0.122 e. The van der Waals surface area contributed by atoms with E-state index in [2.05, 4.69) is 47.5 Å². The molecule has 5 atom stereocenters. The highest BCUT2D eigenvalue weighted by Crippen LogP contribution is 2.37. The molecule has 2 N–H and O–H groups in total. The van der Waals surface area contributed by atoms with Crippen molar-refractivity contribution in [1.29, 1.82) is 0 Å². The lowest BCUT2D eigenvalue weighted by molar-refractivity contribution is -0.0217. The molecular weight excluding hydrogens is 574 g/mol. The number of benzene rings is 2. The summed E-state index contributed by atoms with van der Waals surface area (Å²) in [6, 6.07) is 17.1. The summed E-state index contributed by atoms with van der Waals surface area (Å²) in [5, 5.41) is 15.1. The molecule has 7 nitrogen and oxygen atoms in total. The second-order valence-corrected chi connectivity index (χ2v) is 13.9. The van der Waals surface area contributed by atoms with E-state index < -0.39 is 6.10 Å². The molecule has 1 saturated heterocycles. The van der Waals surface area contributed by atoms with E-state index in [-0.39, 0.29) is 12.1 Å². The van der Waals surface area contributed by atoms with Gasteiger partial charge in [0.2, 0.25) is 0 Å². The summed E-state index contributed by atoms with van der Waals surface area (Å²) in [5.41, 5.74) is 3.69. The normalized spacial score (nSPS) is 23.9. The molecule has 7 heteroatoms. The molecule has 3 fully saturated rings. The topological polar surface area (TPSA) is 75.6 Å². The molecule has 0 bridgehead atoms. The summed E-state index contributed by atoms with van der Waals surface area (Å²) in [7, 11) is 3.34. The van der Waals surface area contributed by atoms with Gasteiger partial charge in [0.15, 0.2) is 0 Å². The fourth-order valence-electron chi connectivity index (χ4n) is 7.76. The molecule has 1 heterocycles. The molecule has 0 spiro atoms. The van der Waals surface area contributed by atoms with Gasteiger partial charge < -0.3 is 24.6 Å². The molecule has 254 valence electrons. The predicted octanol–water partition coefficient (Wildman–Crippen LogP) is 7.37. The monoisotopic (exact) mass is 633 g/mol. The second-order valence-electron chi connectivity index (χ2n) is 13.9. The van der Waals surface area contributed by atoms with Crippen molar-refractivity contribution in [1.82, 2.24) is 10.2 Å². The van der Waals surface area contributed by atoms with Crippen LogP contribution in [0.15, 0.2) is 53.5 Å². The highest BCUT2D eigenvalue weighted by molar-refractivity contribution is 5.95. The van der Waals surface area contributed by atoms with Crippen molar-refractivity contribution in [2.75, 3.05) is 40.5 Å². The zero-order valence-corrected chi connectivity index (χ0v) is 28.7. The lowest BCUT2D eigenvalue weighted by atomic mass is 9.81. The number of methoxy groups -OCH3 is 2. The summed E-state index contributed by atoms with van der Waals surface area (Å²) in [5.74, 6) is 2.69. The van der Waals surface area contributed by atoms with Crippen molar-refractivity contribution in [3.05, 3.63) is 59.7 Å². The van der Waals surface area contributed by atoms with Crippen LogP contribution in [0.4, 0.5) is 0 Å². The van der Waals surface area contributed by atoms with Crippen molar-refractivity contribution < 1.29 is 19.3 Å². The van der Waals surface area contributed by atoms with E-state index in [4.69, 9.17) is 19.2 Å². The molecule has 5 rings (SSSR count). The van der Waals surface area contributed by atoms with E-state index in [1.165, 1.54) is 62.6 Å². The Morgan fingerprint density at radius 1 is 0.957 bits per heavy atom. The molecule has 5 unspecified atom stereocenters. The summed E-state index contributed by atoms with van der Waals surface area (Å²) in [6.45, 7) is 6.38. The van der Waals surface area contributed by atoms with Gasteiger partial charge in [-0.3, -0.25) is 9.89 Å². The average molecular weight is 634 g/mol. The number of likely N-dealkylation sites (tertiary alicyclic amines) is 1. The van der Waals surface area contributed by atoms with Crippen LogP contribution in [0, 0.1) is 11.8 Å². The molecule has 2 aromatic carbocycles. The van der Waals surface area contributed by atoms with Gasteiger partial charge >= 0.3 is 0 Å². The number of nitrogens with one attached hydrogen (secondary N) is 1. The molecule has 0 amide bonds. The van der Waals surface area contributed by atoms with E-state index in [0.29, 0.717) is 31.0 Å². The molecular formula is C39H59N3O4. The maximum Gasteiger partial charge on any atom is 0.122 e. The Kier molecular flexibility index (Phi) is 13.8. The Balaban J connectivity index is 1.24. The molecule has 0 aromatic heterocycles. The fourth-order valence-corrected chi connectivity index (χ4v) is 7.76. The van der Waals surface area contributed by atoms with Gasteiger partial charge in [0.1, 0.15) is 11.5 Å². The number of ether oxygens (including phenoxy) is 3. The van der Waals surface area contributed by atoms with E-state index in [1.807, 2.05) is 18.2 Å². The van der Waals surface area contributed by atoms with E-state index in [9.17, 15) is 5.11 Å². The highest BCUT2D eigenvalue weighted by atomic mass is 16.5. The van der Waals surface area contributed by atoms with Gasteiger partial charge in [0, 0.05) is 50.0 Å². The standard InChI is InChI=1S/C39H59N3O4/c1-4-5-21-46-39(31-15-10-7-11-16-31)32-17-12-20-42(28-32)37-19-18-35(37)41-36(24-29-13-8-6-9-14-29)38(43)27-40-26-30-22-33(44-2)25-34(23-30)45-3/h7,10-11,15-16,22-23,25,29,32,36-40,43H,4-6,8-9,12-14,17-21,24,26-28H2,1-3H3. The van der Waals surface area contributed by atoms with Gasteiger partial charge in [0.25, 0.3) is 0 Å². The van der Waals surface area contributed by atoms with Crippen molar-refractivity contribution in [2.24, 2.45) is 16.8 Å². The largest absolute Gasteiger partial charge is 0.497 e. The van der Waals surface area contributed by atoms with Crippen LogP contribution in [0.2, 0.25) is 0 Å². The zero-order valence-electron chi connectivity index (χ0n) is 28.7. The third kappa shape index (κ3) is 9.79. The van der Waals surface area contributed by atoms with Crippen LogP contribution in [-0.4, -0.2) is 74.4 Å². The van der Waals surface area contributed by atoms with E-state index in [0.717, 1.165) is 62.4 Å². The Morgan fingerprint density at radius 3 is 2.39 bits per heavy atom. The van der Waals surface area contributed by atoms with Crippen molar-refractivity contribution in [2.45, 2.75) is 115 Å². The van der Waals surface area contributed by atoms with Gasteiger partial charge in [-0.05, 0) is 74.2 Å². The van der Waals surface area contributed by atoms with Gasteiger partial charge in [-0.25, -0.2) is 0 Å². The van der Waals surface area contributed by atoms with Gasteiger partial charge in [-0.15, -0.1) is 0 Å². The first kappa shape index (κ1) is 34.9. The quantitative estimate of drug-likeness (QED) is 0.177. The second kappa shape index (κ2) is 18.2. The lowest BCUT2D eigenvalue weighted by Gasteiger charge is -2.45. The molecule has 2 aromatic rings. The first-order valence-electron chi connectivity index (χ1n) is 18.2. The van der Waals surface area contributed by atoms with Gasteiger partial charge in [-0.1, -0.05) is 75.8 Å². The third-order valence-corrected chi connectivity index (χ3v) is 10.5. The highest BCUT2D eigenvalue weighted by Gasteiger charge is 2.38. The maximum atomic E-state index is 11.6. The molecule has 2 aliphatic carbocycles. The van der Waals surface area contributed by atoms with Crippen LogP contribution in [0.3, 0.4) is 0 Å². The van der Waals surface area contributed by atoms with Crippen LogP contribution in [-0.2, 0) is 11.3 Å². The number of hydrogen-bond donors (Lipinski definition) is 2. The summed E-state index contributed by atoms with van der Waals surface area (Å²) in [6.07, 6.45) is 14.0. The van der Waals surface area contributed by atoms with Crippen LogP contribution < -0.4 is 14.8 Å². The number of unbranched alkanes of at least 4 members (excludes halogenated alkanes) is 1. The van der Waals surface area contributed by atoms with Crippen LogP contribution >= 0.6 is 0 Å². The minimum Gasteiger partial charge on any atom is -0.497 e. The first-order chi connectivity index (χ1) is 22.6. The average Bonchev–Trinajstić information content (AvgIpc) is 3.08. The summed E-state index contributed by atoms with van der Waals surface area (Å²) >= 11 is 0.